The molecule has 0 aliphatic heterocycles. The summed E-state index contributed by atoms with van der Waals surface area (Å²) in [5.74, 6) is 0.901. The van der Waals surface area contributed by atoms with Crippen LogP contribution in [0.25, 0.3) is 0 Å². The summed E-state index contributed by atoms with van der Waals surface area (Å²) in [7, 11) is 0. The van der Waals surface area contributed by atoms with Gasteiger partial charge in [-0.3, -0.25) is 4.90 Å². The number of hydrogen-bond acceptors (Lipinski definition) is 4. The first-order valence-corrected chi connectivity index (χ1v) is 8.05. The fourth-order valence-corrected chi connectivity index (χ4v) is 3.46. The lowest BCUT2D eigenvalue weighted by molar-refractivity contribution is 0.165. The van der Waals surface area contributed by atoms with Crippen molar-refractivity contribution in [3.05, 3.63) is 52.4 Å². The zero-order valence-corrected chi connectivity index (χ0v) is 13.4. The van der Waals surface area contributed by atoms with Gasteiger partial charge in [-0.05, 0) is 44.2 Å². The van der Waals surface area contributed by atoms with Crippen molar-refractivity contribution in [2.75, 3.05) is 13.2 Å². The van der Waals surface area contributed by atoms with Crippen molar-refractivity contribution in [1.29, 1.82) is 0 Å². The molecule has 0 radical (unpaired) electrons. The second kappa shape index (κ2) is 6.63. The minimum absolute atomic E-state index is 0.229. The summed E-state index contributed by atoms with van der Waals surface area (Å²) in [6, 6.07) is 9.14. The van der Waals surface area contributed by atoms with Gasteiger partial charge in [0.1, 0.15) is 5.76 Å². The molecule has 2 aromatic rings. The van der Waals surface area contributed by atoms with E-state index in [1.807, 2.05) is 13.8 Å². The van der Waals surface area contributed by atoms with Gasteiger partial charge in [0.2, 0.25) is 0 Å². The Kier molecular flexibility index (Phi) is 4.60. The Bertz CT molecular complexity index is 616. The van der Waals surface area contributed by atoms with Crippen LogP contribution in [0.2, 0.25) is 0 Å². The number of aliphatic hydroxyl groups excluding tert-OH is 1. The normalized spacial score (nSPS) is 17.2. The summed E-state index contributed by atoms with van der Waals surface area (Å²) in [6.07, 6.45) is 3.08. The smallest absolute Gasteiger partial charge is 0.138 e. The van der Waals surface area contributed by atoms with Gasteiger partial charge in [-0.2, -0.15) is 0 Å². The predicted molar refractivity (Wildman–Crippen MR) is 85.6 cm³/mol. The van der Waals surface area contributed by atoms with Crippen molar-refractivity contribution in [2.24, 2.45) is 0 Å². The molecule has 4 nitrogen and oxygen atoms in total. The highest BCUT2D eigenvalue weighted by Gasteiger charge is 2.28. The van der Waals surface area contributed by atoms with Crippen molar-refractivity contribution in [1.82, 2.24) is 10.1 Å². The third-order valence-corrected chi connectivity index (χ3v) is 4.69. The predicted octanol–water partition coefficient (Wildman–Crippen LogP) is 3.16. The Balaban J connectivity index is 1.84. The maximum atomic E-state index is 9.23. The first kappa shape index (κ1) is 15.3. The highest BCUT2D eigenvalue weighted by atomic mass is 16.5. The molecule has 1 aliphatic carbocycles. The Morgan fingerprint density at radius 2 is 2.14 bits per heavy atom. The topological polar surface area (TPSA) is 49.5 Å². The molecule has 22 heavy (non-hydrogen) atoms. The highest BCUT2D eigenvalue weighted by molar-refractivity contribution is 5.34. The van der Waals surface area contributed by atoms with E-state index in [0.717, 1.165) is 43.8 Å². The van der Waals surface area contributed by atoms with Gasteiger partial charge in [-0.1, -0.05) is 29.4 Å². The van der Waals surface area contributed by atoms with Crippen LogP contribution in [0, 0.1) is 13.8 Å². The van der Waals surface area contributed by atoms with E-state index < -0.39 is 0 Å². The molecule has 4 heteroatoms. The molecule has 1 aliphatic rings. The molecule has 0 saturated carbocycles. The van der Waals surface area contributed by atoms with E-state index in [9.17, 15) is 5.11 Å². The minimum Gasteiger partial charge on any atom is -0.396 e. The first-order valence-electron chi connectivity index (χ1n) is 8.05. The van der Waals surface area contributed by atoms with Crippen molar-refractivity contribution in [3.8, 4) is 0 Å². The summed E-state index contributed by atoms with van der Waals surface area (Å²) < 4.78 is 5.31. The molecule has 3 rings (SSSR count). The molecule has 1 aromatic carbocycles. The van der Waals surface area contributed by atoms with Gasteiger partial charge in [0, 0.05) is 31.3 Å². The summed E-state index contributed by atoms with van der Waals surface area (Å²) >= 11 is 0. The third kappa shape index (κ3) is 2.94. The van der Waals surface area contributed by atoms with Crippen LogP contribution < -0.4 is 0 Å². The fourth-order valence-electron chi connectivity index (χ4n) is 3.46. The molecule has 1 heterocycles. The average molecular weight is 300 g/mol. The maximum Gasteiger partial charge on any atom is 0.138 e. The Morgan fingerprint density at radius 1 is 1.32 bits per heavy atom. The molecule has 0 spiro atoms. The molecule has 0 fully saturated rings. The van der Waals surface area contributed by atoms with E-state index in [-0.39, 0.29) is 6.61 Å². The van der Waals surface area contributed by atoms with Crippen molar-refractivity contribution in [2.45, 2.75) is 45.7 Å². The zero-order valence-electron chi connectivity index (χ0n) is 13.4. The van der Waals surface area contributed by atoms with Crippen LogP contribution in [0.1, 0.15) is 47.0 Å². The van der Waals surface area contributed by atoms with Crippen LogP contribution in [0.15, 0.2) is 28.8 Å². The lowest BCUT2D eigenvalue weighted by Gasteiger charge is -2.29. The van der Waals surface area contributed by atoms with Gasteiger partial charge in [0.15, 0.2) is 0 Å². The van der Waals surface area contributed by atoms with E-state index >= 15 is 0 Å². The molecule has 0 saturated heterocycles. The summed E-state index contributed by atoms with van der Waals surface area (Å²) in [5.41, 5.74) is 5.05. The summed E-state index contributed by atoms with van der Waals surface area (Å²) in [5, 5.41) is 13.3. The lowest BCUT2D eigenvalue weighted by atomic mass is 10.1. The average Bonchev–Trinajstić information content (AvgIpc) is 3.09. The second-order valence-electron chi connectivity index (χ2n) is 6.10. The van der Waals surface area contributed by atoms with Crippen LogP contribution in [0.5, 0.6) is 0 Å². The van der Waals surface area contributed by atoms with Crippen molar-refractivity contribution < 1.29 is 9.63 Å². The van der Waals surface area contributed by atoms with Gasteiger partial charge in [-0.15, -0.1) is 0 Å². The van der Waals surface area contributed by atoms with Gasteiger partial charge in [0.25, 0.3) is 0 Å². The molecule has 0 amide bonds. The fraction of sp³-hybridized carbons (Fsp3) is 0.500. The minimum atomic E-state index is 0.229. The molecular weight excluding hydrogens is 276 g/mol. The number of hydrogen-bond donors (Lipinski definition) is 1. The van der Waals surface area contributed by atoms with E-state index in [0.29, 0.717) is 6.04 Å². The Morgan fingerprint density at radius 3 is 2.86 bits per heavy atom. The van der Waals surface area contributed by atoms with E-state index in [1.54, 1.807) is 0 Å². The monoisotopic (exact) mass is 300 g/mol. The van der Waals surface area contributed by atoms with Crippen LogP contribution in [0.3, 0.4) is 0 Å². The second-order valence-corrected chi connectivity index (χ2v) is 6.10. The van der Waals surface area contributed by atoms with Gasteiger partial charge >= 0.3 is 0 Å². The highest BCUT2D eigenvalue weighted by Crippen LogP contribution is 2.36. The summed E-state index contributed by atoms with van der Waals surface area (Å²) in [6.45, 7) is 5.92. The van der Waals surface area contributed by atoms with Crippen molar-refractivity contribution >= 4 is 0 Å². The lowest BCUT2D eigenvalue weighted by Crippen LogP contribution is -2.29. The van der Waals surface area contributed by atoms with Crippen LogP contribution in [-0.2, 0) is 13.0 Å². The van der Waals surface area contributed by atoms with E-state index in [2.05, 4.69) is 34.3 Å². The van der Waals surface area contributed by atoms with Gasteiger partial charge < -0.3 is 9.63 Å². The summed E-state index contributed by atoms with van der Waals surface area (Å²) in [4.78, 5) is 2.47. The third-order valence-electron chi connectivity index (χ3n) is 4.69. The molecule has 1 aromatic heterocycles. The van der Waals surface area contributed by atoms with Gasteiger partial charge in [-0.25, -0.2) is 0 Å². The number of fused-ring (bicyclic) bond motifs is 1. The largest absolute Gasteiger partial charge is 0.396 e. The number of benzene rings is 1. The molecule has 1 unspecified atom stereocenters. The molecule has 0 bridgehead atoms. The van der Waals surface area contributed by atoms with Gasteiger partial charge in [0.05, 0.1) is 5.69 Å². The first-order chi connectivity index (χ1) is 10.7. The number of nitrogens with zero attached hydrogens (tertiary/aromatic N) is 2. The Hall–Kier alpha value is -1.65. The van der Waals surface area contributed by atoms with Crippen LogP contribution in [0.4, 0.5) is 0 Å². The Labute approximate surface area is 131 Å². The zero-order chi connectivity index (χ0) is 15.5. The van der Waals surface area contributed by atoms with Crippen molar-refractivity contribution in [3.63, 3.8) is 0 Å². The molecular formula is C18H24N2O2. The number of aromatic nitrogens is 1. The quantitative estimate of drug-likeness (QED) is 0.890. The van der Waals surface area contributed by atoms with E-state index in [1.165, 1.54) is 16.7 Å². The van der Waals surface area contributed by atoms with E-state index in [4.69, 9.17) is 4.52 Å². The number of aryl methyl sites for hydroxylation is 3. The number of rotatable bonds is 6. The maximum absolute atomic E-state index is 9.23. The standard InChI is InChI=1S/C18H24N2O2/c1-13-17(14(2)22-19-13)12-20(10-5-11-21)18-9-8-15-6-3-4-7-16(15)18/h3-4,6-7,18,21H,5,8-12H2,1-2H3. The molecule has 1 atom stereocenters. The SMILES string of the molecule is Cc1noc(C)c1CN(CCCO)C1CCc2ccccc21. The van der Waals surface area contributed by atoms with Crippen LogP contribution >= 0.6 is 0 Å². The molecule has 118 valence electrons. The van der Waals surface area contributed by atoms with Crippen LogP contribution in [-0.4, -0.2) is 28.3 Å². The number of aliphatic hydroxyl groups is 1. The molecule has 1 N–H and O–H groups in total.